The van der Waals surface area contributed by atoms with E-state index in [1.807, 2.05) is 0 Å². The van der Waals surface area contributed by atoms with Gasteiger partial charge in [-0.3, -0.25) is 14.3 Å². The topological polar surface area (TPSA) is 120 Å². The summed E-state index contributed by atoms with van der Waals surface area (Å²) in [5.41, 5.74) is 0.560. The summed E-state index contributed by atoms with van der Waals surface area (Å²) in [4.78, 5) is 23.1. The molecule has 156 valence electrons. The Bertz CT molecular complexity index is 926. The van der Waals surface area contributed by atoms with Crippen LogP contribution >= 0.6 is 0 Å². The highest BCUT2D eigenvalue weighted by molar-refractivity contribution is 7.92. The first-order valence-corrected chi connectivity index (χ1v) is 10.0. The lowest BCUT2D eigenvalue weighted by atomic mass is 10.2. The molecule has 2 N–H and O–H groups in total. The first kappa shape index (κ1) is 22.2. The van der Waals surface area contributed by atoms with Gasteiger partial charge in [0.15, 0.2) is 0 Å². The van der Waals surface area contributed by atoms with Crippen molar-refractivity contribution >= 4 is 27.6 Å². The van der Waals surface area contributed by atoms with Crippen LogP contribution in [0.1, 0.15) is 10.4 Å². The smallest absolute Gasteiger partial charge is 0.325 e. The molecular formula is C19H22N2O7S. The fourth-order valence-corrected chi connectivity index (χ4v) is 3.25. The van der Waals surface area contributed by atoms with E-state index in [1.165, 1.54) is 43.5 Å². The minimum atomic E-state index is -3.81. The Labute approximate surface area is 169 Å². The number of carbonyl (C=O) groups excluding carboxylic acids is 2. The van der Waals surface area contributed by atoms with Gasteiger partial charge in [0.1, 0.15) is 18.9 Å². The molecule has 0 aliphatic rings. The molecule has 29 heavy (non-hydrogen) atoms. The lowest BCUT2D eigenvalue weighted by molar-refractivity contribution is -0.139. The van der Waals surface area contributed by atoms with Gasteiger partial charge in [-0.1, -0.05) is 0 Å². The van der Waals surface area contributed by atoms with Crippen molar-refractivity contribution in [3.05, 3.63) is 54.1 Å². The number of benzene rings is 2. The third kappa shape index (κ3) is 6.77. The summed E-state index contributed by atoms with van der Waals surface area (Å²) >= 11 is 0. The van der Waals surface area contributed by atoms with Gasteiger partial charge in [0.05, 0.1) is 18.6 Å². The van der Waals surface area contributed by atoms with Crippen molar-refractivity contribution in [3.63, 3.8) is 0 Å². The zero-order valence-electron chi connectivity index (χ0n) is 16.0. The number of methoxy groups -OCH3 is 2. The normalized spacial score (nSPS) is 10.8. The fraction of sp³-hybridized carbons (Fsp3) is 0.263. The lowest BCUT2D eigenvalue weighted by Crippen LogP contribution is -2.30. The van der Waals surface area contributed by atoms with Crippen molar-refractivity contribution < 1.29 is 32.2 Å². The van der Waals surface area contributed by atoms with Crippen molar-refractivity contribution in [2.75, 3.05) is 38.7 Å². The first-order valence-electron chi connectivity index (χ1n) is 8.55. The first-order chi connectivity index (χ1) is 13.9. The predicted octanol–water partition coefficient (Wildman–Crippen LogP) is 1.42. The van der Waals surface area contributed by atoms with Gasteiger partial charge in [-0.05, 0) is 48.5 Å². The molecular weight excluding hydrogens is 400 g/mol. The van der Waals surface area contributed by atoms with Crippen molar-refractivity contribution in [1.29, 1.82) is 0 Å². The monoisotopic (exact) mass is 422 g/mol. The second kappa shape index (κ2) is 10.4. The number of hydrogen-bond acceptors (Lipinski definition) is 7. The van der Waals surface area contributed by atoms with E-state index in [-0.39, 0.29) is 22.7 Å². The number of amides is 1. The van der Waals surface area contributed by atoms with Crippen LogP contribution in [0, 0.1) is 0 Å². The Morgan fingerprint density at radius 2 is 1.59 bits per heavy atom. The summed E-state index contributed by atoms with van der Waals surface area (Å²) in [6.45, 7) is 0.535. The van der Waals surface area contributed by atoms with E-state index < -0.39 is 21.9 Å². The number of ether oxygens (including phenoxy) is 3. The van der Waals surface area contributed by atoms with Gasteiger partial charge in [-0.15, -0.1) is 0 Å². The Balaban J connectivity index is 1.99. The van der Waals surface area contributed by atoms with Gasteiger partial charge >= 0.3 is 5.97 Å². The number of rotatable bonds is 10. The molecule has 10 heteroatoms. The molecule has 0 aliphatic heterocycles. The number of anilines is 1. The second-order valence-corrected chi connectivity index (χ2v) is 7.44. The number of sulfonamides is 1. The molecule has 0 spiro atoms. The van der Waals surface area contributed by atoms with Gasteiger partial charge in [0.25, 0.3) is 15.9 Å². The summed E-state index contributed by atoms with van der Waals surface area (Å²) in [6, 6.07) is 11.8. The number of nitrogens with one attached hydrogen (secondary N) is 2. The van der Waals surface area contributed by atoms with E-state index in [2.05, 4.69) is 14.8 Å². The van der Waals surface area contributed by atoms with E-state index in [9.17, 15) is 18.0 Å². The molecule has 0 heterocycles. The minimum absolute atomic E-state index is 0.0662. The summed E-state index contributed by atoms with van der Waals surface area (Å²) in [5.74, 6) is -0.518. The van der Waals surface area contributed by atoms with Crippen LogP contribution in [0.25, 0.3) is 0 Å². The zero-order valence-corrected chi connectivity index (χ0v) is 16.8. The Kier molecular flexibility index (Phi) is 7.98. The highest BCUT2D eigenvalue weighted by atomic mass is 32.2. The Morgan fingerprint density at radius 3 is 2.17 bits per heavy atom. The van der Waals surface area contributed by atoms with Crippen LogP contribution in [0.2, 0.25) is 0 Å². The molecule has 0 saturated heterocycles. The average Bonchev–Trinajstić information content (AvgIpc) is 2.72. The maximum Gasteiger partial charge on any atom is 0.325 e. The van der Waals surface area contributed by atoms with Gasteiger partial charge in [-0.2, -0.15) is 0 Å². The highest BCUT2D eigenvalue weighted by Crippen LogP contribution is 2.19. The number of esters is 1. The van der Waals surface area contributed by atoms with Crippen LogP contribution in [0.5, 0.6) is 5.75 Å². The molecule has 0 saturated carbocycles. The summed E-state index contributed by atoms with van der Waals surface area (Å²) < 4.78 is 42.2. The molecule has 0 atom stereocenters. The van der Waals surface area contributed by atoms with E-state index in [4.69, 9.17) is 9.47 Å². The maximum absolute atomic E-state index is 12.5. The SMILES string of the molecule is COCCOc1ccc(S(=O)(=O)Nc2ccc(C(=O)NCC(=O)OC)cc2)cc1. The largest absolute Gasteiger partial charge is 0.491 e. The van der Waals surface area contributed by atoms with Crippen LogP contribution in [0.3, 0.4) is 0 Å². The zero-order chi connectivity index (χ0) is 21.3. The Hall–Kier alpha value is -3.11. The molecule has 0 aromatic heterocycles. The van der Waals surface area contributed by atoms with E-state index in [1.54, 1.807) is 19.2 Å². The van der Waals surface area contributed by atoms with Gasteiger partial charge < -0.3 is 19.5 Å². The van der Waals surface area contributed by atoms with Crippen molar-refractivity contribution in [1.82, 2.24) is 5.32 Å². The van der Waals surface area contributed by atoms with Gasteiger partial charge in [0, 0.05) is 18.4 Å². The molecule has 2 rings (SSSR count). The van der Waals surface area contributed by atoms with Crippen LogP contribution in [0.15, 0.2) is 53.4 Å². The summed E-state index contributed by atoms with van der Waals surface area (Å²) in [7, 11) is -1.02. The van der Waals surface area contributed by atoms with Crippen LogP contribution in [-0.4, -0.2) is 54.3 Å². The molecule has 0 fully saturated rings. The number of carbonyl (C=O) groups is 2. The molecule has 0 aliphatic carbocycles. The predicted molar refractivity (Wildman–Crippen MR) is 105 cm³/mol. The molecule has 0 unspecified atom stereocenters. The van der Waals surface area contributed by atoms with E-state index in [0.717, 1.165) is 0 Å². The van der Waals surface area contributed by atoms with Crippen LogP contribution < -0.4 is 14.8 Å². The molecule has 0 bridgehead atoms. The molecule has 2 aromatic rings. The molecule has 9 nitrogen and oxygen atoms in total. The molecule has 0 radical (unpaired) electrons. The highest BCUT2D eigenvalue weighted by Gasteiger charge is 2.15. The number of hydrogen-bond donors (Lipinski definition) is 2. The van der Waals surface area contributed by atoms with E-state index >= 15 is 0 Å². The van der Waals surface area contributed by atoms with Gasteiger partial charge in [0.2, 0.25) is 0 Å². The molecule has 1 amide bonds. The standard InChI is InChI=1S/C19H22N2O7S/c1-26-11-12-28-16-7-9-17(10-8-16)29(24,25)21-15-5-3-14(4-6-15)19(23)20-13-18(22)27-2/h3-10,21H,11-13H2,1-2H3,(H,20,23). The van der Waals surface area contributed by atoms with Crippen LogP contribution in [-0.2, 0) is 24.3 Å². The summed E-state index contributed by atoms with van der Waals surface area (Å²) in [6.07, 6.45) is 0. The average molecular weight is 422 g/mol. The second-order valence-electron chi connectivity index (χ2n) is 5.75. The van der Waals surface area contributed by atoms with Crippen molar-refractivity contribution in [2.24, 2.45) is 0 Å². The van der Waals surface area contributed by atoms with E-state index in [0.29, 0.717) is 19.0 Å². The maximum atomic E-state index is 12.5. The van der Waals surface area contributed by atoms with Crippen molar-refractivity contribution in [3.8, 4) is 5.75 Å². The van der Waals surface area contributed by atoms with Gasteiger partial charge in [-0.25, -0.2) is 8.42 Å². The molecule has 2 aromatic carbocycles. The quantitative estimate of drug-likeness (QED) is 0.439. The minimum Gasteiger partial charge on any atom is -0.491 e. The van der Waals surface area contributed by atoms with Crippen molar-refractivity contribution in [2.45, 2.75) is 4.90 Å². The summed E-state index contributed by atoms with van der Waals surface area (Å²) in [5, 5.41) is 2.39. The Morgan fingerprint density at radius 1 is 0.931 bits per heavy atom. The third-order valence-corrected chi connectivity index (χ3v) is 5.11. The lowest BCUT2D eigenvalue weighted by Gasteiger charge is -2.10. The van der Waals surface area contributed by atoms with Crippen LogP contribution in [0.4, 0.5) is 5.69 Å². The third-order valence-electron chi connectivity index (χ3n) is 3.71. The fourth-order valence-electron chi connectivity index (χ4n) is 2.19.